The molecule has 10 heteroatoms. The molecular weight excluding hydrogens is 616 g/mol. The number of halogens is 1. The topological polar surface area (TPSA) is 109 Å². The van der Waals surface area contributed by atoms with Crippen LogP contribution in [-0.4, -0.2) is 27.9 Å². The Hall–Kier alpha value is -5.54. The monoisotopic (exact) mass is 646 g/mol. The summed E-state index contributed by atoms with van der Waals surface area (Å²) in [5.74, 6) is 1.14. The number of aryl methyl sites for hydroxylation is 1. The first kappa shape index (κ1) is 31.4. The maximum atomic E-state index is 14.0. The first-order valence-corrected chi connectivity index (χ1v) is 15.4. The predicted molar refractivity (Wildman–Crippen MR) is 186 cm³/mol. The van der Waals surface area contributed by atoms with Crippen molar-refractivity contribution < 1.29 is 14.4 Å². The van der Waals surface area contributed by atoms with Crippen LogP contribution >= 0.6 is 11.6 Å². The van der Waals surface area contributed by atoms with E-state index in [4.69, 9.17) is 26.1 Å². The highest BCUT2D eigenvalue weighted by Crippen LogP contribution is 2.36. The molecule has 1 heterocycles. The van der Waals surface area contributed by atoms with Crippen molar-refractivity contribution in [2.24, 2.45) is 5.10 Å². The highest BCUT2D eigenvalue weighted by atomic mass is 35.5. The van der Waals surface area contributed by atoms with Crippen molar-refractivity contribution in [2.75, 3.05) is 7.11 Å². The van der Waals surface area contributed by atoms with E-state index >= 15 is 0 Å². The Morgan fingerprint density at radius 2 is 1.72 bits per heavy atom. The molecule has 0 unspecified atom stereocenters. The fraction of sp³-hybridized carbons (Fsp3) is 0.162. The van der Waals surface area contributed by atoms with E-state index in [-0.39, 0.29) is 34.5 Å². The normalized spacial score (nSPS) is 11.5. The summed E-state index contributed by atoms with van der Waals surface area (Å²) in [6, 6.07) is 27.3. The molecule has 0 amide bonds. The lowest BCUT2D eigenvalue weighted by Crippen LogP contribution is -2.21. The van der Waals surface area contributed by atoms with Crippen molar-refractivity contribution in [1.29, 1.82) is 0 Å². The predicted octanol–water partition coefficient (Wildman–Crippen LogP) is 8.68. The van der Waals surface area contributed by atoms with Gasteiger partial charge in [-0.05, 0) is 70.6 Å². The third-order valence-corrected chi connectivity index (χ3v) is 8.24. The first-order chi connectivity index (χ1) is 22.7. The molecule has 0 saturated heterocycles. The van der Waals surface area contributed by atoms with Crippen molar-refractivity contribution in [2.45, 2.75) is 33.3 Å². The first-order valence-electron chi connectivity index (χ1n) is 15.0. The van der Waals surface area contributed by atoms with Crippen LogP contribution in [0.1, 0.15) is 42.0 Å². The smallest absolute Gasteiger partial charge is 0.313 e. The largest absolute Gasteiger partial charge is 0.496 e. The van der Waals surface area contributed by atoms with E-state index in [2.05, 4.69) is 18.9 Å². The molecule has 1 aromatic heterocycles. The summed E-state index contributed by atoms with van der Waals surface area (Å²) in [5, 5.41) is 19.3. The van der Waals surface area contributed by atoms with Gasteiger partial charge in [-0.3, -0.25) is 14.9 Å². The van der Waals surface area contributed by atoms with Crippen LogP contribution in [-0.2, 0) is 6.61 Å². The van der Waals surface area contributed by atoms with E-state index in [0.717, 1.165) is 33.2 Å². The number of para-hydroxylation sites is 1. The molecule has 0 bridgehead atoms. The highest BCUT2D eigenvalue weighted by molar-refractivity contribution is 6.31. The highest BCUT2D eigenvalue weighted by Gasteiger charge is 2.22. The van der Waals surface area contributed by atoms with Crippen LogP contribution in [0, 0.1) is 17.0 Å². The van der Waals surface area contributed by atoms with Crippen LogP contribution < -0.4 is 15.0 Å². The van der Waals surface area contributed by atoms with E-state index < -0.39 is 10.5 Å². The number of benzene rings is 5. The van der Waals surface area contributed by atoms with E-state index in [1.165, 1.54) is 23.0 Å². The van der Waals surface area contributed by atoms with E-state index in [1.807, 2.05) is 67.6 Å². The minimum atomic E-state index is -0.551. The quantitative estimate of drug-likeness (QED) is 0.0883. The maximum Gasteiger partial charge on any atom is 0.313 e. The number of hydrogen-bond acceptors (Lipinski definition) is 7. The van der Waals surface area contributed by atoms with Gasteiger partial charge in [0.25, 0.3) is 5.56 Å². The lowest BCUT2D eigenvalue weighted by Gasteiger charge is -2.17. The van der Waals surface area contributed by atoms with Crippen LogP contribution in [0.2, 0.25) is 5.02 Å². The zero-order valence-corrected chi connectivity index (χ0v) is 27.0. The number of hydrogen-bond donors (Lipinski definition) is 0. The number of nitro benzene ring substituents is 1. The summed E-state index contributed by atoms with van der Waals surface area (Å²) in [6.07, 6.45) is 1.35. The van der Waals surface area contributed by atoms with Gasteiger partial charge in [0.1, 0.15) is 12.4 Å². The summed E-state index contributed by atoms with van der Waals surface area (Å²) in [5.41, 5.74) is 3.33. The Bertz CT molecular complexity index is 2260. The number of methoxy groups -OCH3 is 1. The summed E-state index contributed by atoms with van der Waals surface area (Å²) in [7, 11) is 1.62. The number of fused-ring (bicyclic) bond motifs is 2. The van der Waals surface area contributed by atoms with Gasteiger partial charge in [-0.15, -0.1) is 0 Å². The summed E-state index contributed by atoms with van der Waals surface area (Å²) in [4.78, 5) is 30.5. The minimum absolute atomic E-state index is 0.0258. The molecule has 0 aliphatic rings. The fourth-order valence-electron chi connectivity index (χ4n) is 5.65. The molecule has 236 valence electrons. The number of nitrogens with zero attached hydrogens (tertiary/aromatic N) is 4. The Kier molecular flexibility index (Phi) is 8.74. The molecule has 0 radical (unpaired) electrons. The Balaban J connectivity index is 1.51. The Labute approximate surface area is 275 Å². The molecule has 47 heavy (non-hydrogen) atoms. The third kappa shape index (κ3) is 6.17. The van der Waals surface area contributed by atoms with Gasteiger partial charge in [0.15, 0.2) is 5.82 Å². The second-order valence-electron chi connectivity index (χ2n) is 11.4. The SMILES string of the molecule is COc1cc(C)c(-c2nc3ccccc3c(=O)n2N=Cc2cc(Cl)cc([N+](=O)[O-])c2OCc2cccc3ccccc23)cc1C(C)C. The van der Waals surface area contributed by atoms with Crippen LogP contribution in [0.25, 0.3) is 33.1 Å². The number of rotatable bonds is 9. The van der Waals surface area contributed by atoms with Crippen molar-refractivity contribution in [3.05, 3.63) is 139 Å². The lowest BCUT2D eigenvalue weighted by molar-refractivity contribution is -0.385. The van der Waals surface area contributed by atoms with Crippen LogP contribution in [0.15, 0.2) is 101 Å². The van der Waals surface area contributed by atoms with Gasteiger partial charge in [-0.1, -0.05) is 80.0 Å². The molecule has 6 rings (SSSR count). The second-order valence-corrected chi connectivity index (χ2v) is 11.8. The molecule has 0 aliphatic heterocycles. The molecule has 0 aliphatic carbocycles. The molecule has 0 N–H and O–H groups in total. The average molecular weight is 647 g/mol. The Morgan fingerprint density at radius 1 is 1.00 bits per heavy atom. The van der Waals surface area contributed by atoms with Gasteiger partial charge >= 0.3 is 5.69 Å². The van der Waals surface area contributed by atoms with Crippen molar-refractivity contribution in [3.8, 4) is 22.9 Å². The molecular formula is C37H31ClN4O5. The van der Waals surface area contributed by atoms with Crippen LogP contribution in [0.3, 0.4) is 0 Å². The van der Waals surface area contributed by atoms with Gasteiger partial charge < -0.3 is 9.47 Å². The van der Waals surface area contributed by atoms with E-state index in [9.17, 15) is 14.9 Å². The summed E-state index contributed by atoms with van der Waals surface area (Å²) < 4.78 is 13.0. The Morgan fingerprint density at radius 3 is 2.47 bits per heavy atom. The zero-order chi connectivity index (χ0) is 33.2. The van der Waals surface area contributed by atoms with Crippen molar-refractivity contribution >= 4 is 45.2 Å². The third-order valence-electron chi connectivity index (χ3n) is 8.02. The standard InChI is InChI=1S/C37H31ClN4O5/c1-22(2)30-19-31(23(3)16-34(30)46-4)36-40-32-15-8-7-14-29(32)37(43)41(36)39-20-26-17-27(38)18-33(42(44)45)35(26)47-21-25-12-9-11-24-10-5-6-13-28(24)25/h5-20,22H,21H2,1-4H3. The molecule has 6 aromatic rings. The van der Waals surface area contributed by atoms with E-state index in [1.54, 1.807) is 25.3 Å². The van der Waals surface area contributed by atoms with Crippen molar-refractivity contribution in [3.63, 3.8) is 0 Å². The van der Waals surface area contributed by atoms with Crippen molar-refractivity contribution in [1.82, 2.24) is 9.66 Å². The fourth-order valence-corrected chi connectivity index (χ4v) is 5.87. The average Bonchev–Trinajstić information content (AvgIpc) is 3.06. The van der Waals surface area contributed by atoms with Gasteiger partial charge in [0, 0.05) is 22.2 Å². The second kappa shape index (κ2) is 13.1. The van der Waals surface area contributed by atoms with Gasteiger partial charge in [0.2, 0.25) is 5.75 Å². The molecule has 0 spiro atoms. The van der Waals surface area contributed by atoms with E-state index in [0.29, 0.717) is 22.3 Å². The number of nitro groups is 1. The summed E-state index contributed by atoms with van der Waals surface area (Å²) >= 11 is 6.36. The van der Waals surface area contributed by atoms with Crippen LogP contribution in [0.4, 0.5) is 5.69 Å². The molecule has 5 aromatic carbocycles. The lowest BCUT2D eigenvalue weighted by atomic mass is 9.96. The maximum absolute atomic E-state index is 14.0. The molecule has 0 fully saturated rings. The minimum Gasteiger partial charge on any atom is -0.496 e. The number of ether oxygens (including phenoxy) is 2. The van der Waals surface area contributed by atoms with Crippen LogP contribution in [0.5, 0.6) is 11.5 Å². The molecule has 9 nitrogen and oxygen atoms in total. The zero-order valence-electron chi connectivity index (χ0n) is 26.2. The summed E-state index contributed by atoms with van der Waals surface area (Å²) in [6.45, 7) is 6.08. The molecule has 0 saturated carbocycles. The number of aromatic nitrogens is 2. The van der Waals surface area contributed by atoms with Gasteiger partial charge in [-0.25, -0.2) is 4.98 Å². The van der Waals surface area contributed by atoms with Gasteiger partial charge in [0.05, 0.1) is 29.2 Å². The molecule has 0 atom stereocenters. The van der Waals surface area contributed by atoms with Gasteiger partial charge in [-0.2, -0.15) is 9.78 Å².